The Bertz CT molecular complexity index is 466. The molecule has 3 heteroatoms. The van der Waals surface area contributed by atoms with Crippen LogP contribution in [0.2, 0.25) is 0 Å². The molecule has 2 nitrogen and oxygen atoms in total. The predicted octanol–water partition coefficient (Wildman–Crippen LogP) is 1.89. The van der Waals surface area contributed by atoms with Crippen molar-refractivity contribution in [2.24, 2.45) is 0 Å². The van der Waals surface area contributed by atoms with E-state index in [2.05, 4.69) is 0 Å². The van der Waals surface area contributed by atoms with Gasteiger partial charge in [0.15, 0.2) is 0 Å². The molecule has 0 saturated heterocycles. The van der Waals surface area contributed by atoms with Crippen LogP contribution in [-0.4, -0.2) is 29.9 Å². The molecular formula is C11H9LiO2. The van der Waals surface area contributed by atoms with Crippen LogP contribution in [-0.2, 0) is 0 Å². The number of aromatic carboxylic acids is 1. The van der Waals surface area contributed by atoms with Crippen LogP contribution in [0.1, 0.15) is 10.4 Å². The second-order valence-electron chi connectivity index (χ2n) is 2.87. The SMILES string of the molecule is O=C(O)c1ccc2ccccc2c1.[LiH]. The quantitative estimate of drug-likeness (QED) is 0.680. The Hall–Kier alpha value is -1.23. The first-order chi connectivity index (χ1) is 6.27. The summed E-state index contributed by atoms with van der Waals surface area (Å²) >= 11 is 0. The molecule has 0 heterocycles. The van der Waals surface area contributed by atoms with E-state index < -0.39 is 5.97 Å². The van der Waals surface area contributed by atoms with Gasteiger partial charge >= 0.3 is 24.8 Å². The molecule has 1 N–H and O–H groups in total. The Morgan fingerprint density at radius 1 is 1.00 bits per heavy atom. The summed E-state index contributed by atoms with van der Waals surface area (Å²) in [7, 11) is 0. The average Bonchev–Trinajstić information content (AvgIpc) is 2.17. The number of carboxylic acids is 1. The van der Waals surface area contributed by atoms with E-state index in [1.807, 2.05) is 30.3 Å². The van der Waals surface area contributed by atoms with E-state index in [-0.39, 0.29) is 18.9 Å². The maximum atomic E-state index is 10.6. The predicted molar refractivity (Wildman–Crippen MR) is 58.1 cm³/mol. The second-order valence-corrected chi connectivity index (χ2v) is 2.87. The summed E-state index contributed by atoms with van der Waals surface area (Å²) in [6.07, 6.45) is 0. The molecule has 0 saturated carbocycles. The van der Waals surface area contributed by atoms with E-state index in [4.69, 9.17) is 5.11 Å². The van der Waals surface area contributed by atoms with E-state index >= 15 is 0 Å². The van der Waals surface area contributed by atoms with Crippen LogP contribution in [0.4, 0.5) is 0 Å². The van der Waals surface area contributed by atoms with Crippen LogP contribution in [0, 0.1) is 0 Å². The molecule has 0 aromatic heterocycles. The fourth-order valence-corrected chi connectivity index (χ4v) is 1.32. The van der Waals surface area contributed by atoms with Crippen LogP contribution < -0.4 is 0 Å². The molecule has 0 aliphatic heterocycles. The molecule has 0 atom stereocenters. The Morgan fingerprint density at radius 3 is 2.29 bits per heavy atom. The monoisotopic (exact) mass is 180 g/mol. The van der Waals surface area contributed by atoms with Crippen LogP contribution in [0.3, 0.4) is 0 Å². The van der Waals surface area contributed by atoms with Gasteiger partial charge in [-0.1, -0.05) is 30.3 Å². The molecule has 2 aromatic carbocycles. The van der Waals surface area contributed by atoms with Crippen LogP contribution in [0.25, 0.3) is 10.8 Å². The van der Waals surface area contributed by atoms with Crippen molar-refractivity contribution in [1.82, 2.24) is 0 Å². The normalized spacial score (nSPS) is 9.43. The van der Waals surface area contributed by atoms with Gasteiger partial charge in [0.25, 0.3) is 0 Å². The van der Waals surface area contributed by atoms with Crippen molar-refractivity contribution in [3.8, 4) is 0 Å². The summed E-state index contributed by atoms with van der Waals surface area (Å²) in [6, 6.07) is 12.8. The van der Waals surface area contributed by atoms with E-state index in [1.165, 1.54) is 0 Å². The van der Waals surface area contributed by atoms with E-state index in [0.29, 0.717) is 5.56 Å². The van der Waals surface area contributed by atoms with Gasteiger partial charge in [-0.15, -0.1) is 0 Å². The van der Waals surface area contributed by atoms with E-state index in [9.17, 15) is 4.79 Å². The molecule has 14 heavy (non-hydrogen) atoms. The van der Waals surface area contributed by atoms with Gasteiger partial charge in [0.05, 0.1) is 5.56 Å². The Balaban J connectivity index is 0.000000980. The molecule has 0 fully saturated rings. The first-order valence-electron chi connectivity index (χ1n) is 3.99. The third-order valence-electron chi connectivity index (χ3n) is 2.00. The molecule has 0 bridgehead atoms. The summed E-state index contributed by atoms with van der Waals surface area (Å²) in [4.78, 5) is 10.6. The summed E-state index contributed by atoms with van der Waals surface area (Å²) in [5.41, 5.74) is 0.332. The van der Waals surface area contributed by atoms with Crippen molar-refractivity contribution in [3.63, 3.8) is 0 Å². The number of carboxylic acid groups (broad SMARTS) is 1. The van der Waals surface area contributed by atoms with Crippen molar-refractivity contribution in [1.29, 1.82) is 0 Å². The maximum absolute atomic E-state index is 10.6. The Morgan fingerprint density at radius 2 is 1.64 bits per heavy atom. The topological polar surface area (TPSA) is 37.3 Å². The van der Waals surface area contributed by atoms with Gasteiger partial charge in [0.2, 0.25) is 0 Å². The zero-order chi connectivity index (χ0) is 9.26. The van der Waals surface area contributed by atoms with Crippen molar-refractivity contribution in [2.75, 3.05) is 0 Å². The minimum absolute atomic E-state index is 0. The number of fused-ring (bicyclic) bond motifs is 1. The fraction of sp³-hybridized carbons (Fsp3) is 0. The van der Waals surface area contributed by atoms with Crippen molar-refractivity contribution in [3.05, 3.63) is 48.0 Å². The van der Waals surface area contributed by atoms with Crippen molar-refractivity contribution in [2.45, 2.75) is 0 Å². The fourth-order valence-electron chi connectivity index (χ4n) is 1.32. The molecule has 66 valence electrons. The van der Waals surface area contributed by atoms with Gasteiger partial charge in [-0.2, -0.15) is 0 Å². The van der Waals surface area contributed by atoms with Gasteiger partial charge in [-0.05, 0) is 22.9 Å². The van der Waals surface area contributed by atoms with Gasteiger partial charge in [0.1, 0.15) is 0 Å². The third kappa shape index (κ3) is 1.98. The summed E-state index contributed by atoms with van der Waals surface area (Å²) in [5, 5.41) is 10.8. The molecule has 2 rings (SSSR count). The second kappa shape index (κ2) is 4.32. The van der Waals surface area contributed by atoms with Crippen LogP contribution >= 0.6 is 0 Å². The first kappa shape index (κ1) is 10.8. The van der Waals surface area contributed by atoms with Gasteiger partial charge in [-0.25, -0.2) is 4.79 Å². The molecule has 2 aromatic rings. The van der Waals surface area contributed by atoms with Crippen LogP contribution in [0.15, 0.2) is 42.5 Å². The van der Waals surface area contributed by atoms with Gasteiger partial charge in [-0.3, -0.25) is 0 Å². The Kier molecular flexibility index (Phi) is 3.35. The number of benzene rings is 2. The van der Waals surface area contributed by atoms with Gasteiger partial charge in [0, 0.05) is 0 Å². The molecule has 0 amide bonds. The third-order valence-corrected chi connectivity index (χ3v) is 2.00. The molecule has 0 aliphatic carbocycles. The summed E-state index contributed by atoms with van der Waals surface area (Å²) in [5.74, 6) is -0.884. The molecule has 0 spiro atoms. The van der Waals surface area contributed by atoms with Crippen molar-refractivity contribution >= 4 is 35.6 Å². The summed E-state index contributed by atoms with van der Waals surface area (Å²) in [6.45, 7) is 0. The first-order valence-corrected chi connectivity index (χ1v) is 3.99. The summed E-state index contributed by atoms with van der Waals surface area (Å²) < 4.78 is 0. The van der Waals surface area contributed by atoms with E-state index in [0.717, 1.165) is 10.8 Å². The van der Waals surface area contributed by atoms with Crippen molar-refractivity contribution < 1.29 is 9.90 Å². The Labute approximate surface area is 93.7 Å². The molecule has 0 unspecified atom stereocenters. The van der Waals surface area contributed by atoms with E-state index in [1.54, 1.807) is 12.1 Å². The number of rotatable bonds is 1. The molecular weight excluding hydrogens is 171 g/mol. The zero-order valence-corrected chi connectivity index (χ0v) is 6.90. The van der Waals surface area contributed by atoms with Gasteiger partial charge < -0.3 is 5.11 Å². The number of hydrogen-bond acceptors (Lipinski definition) is 1. The average molecular weight is 180 g/mol. The minimum atomic E-state index is -0.884. The van der Waals surface area contributed by atoms with Crippen LogP contribution in [0.5, 0.6) is 0 Å². The number of carbonyl (C=O) groups is 1. The number of hydrogen-bond donors (Lipinski definition) is 1. The standard InChI is InChI=1S/C11H8O2.Li.H/c12-11(13)10-6-5-8-3-1-2-4-9(8)7-10;;/h1-7H,(H,12,13);;. The zero-order valence-electron chi connectivity index (χ0n) is 6.90. The molecule has 0 radical (unpaired) electrons. The molecule has 0 aliphatic rings.